The van der Waals surface area contributed by atoms with Gasteiger partial charge in [0.15, 0.2) is 17.5 Å². The fourth-order valence-corrected chi connectivity index (χ4v) is 9.11. The molecule has 0 aliphatic carbocycles. The van der Waals surface area contributed by atoms with Gasteiger partial charge in [-0.25, -0.2) is 15.0 Å². The molecule has 0 bridgehead atoms. The van der Waals surface area contributed by atoms with Crippen LogP contribution in [0.5, 0.6) is 0 Å². The highest BCUT2D eigenvalue weighted by Gasteiger charge is 2.20. The monoisotopic (exact) mass is 829 g/mol. The molecule has 10 aromatic carbocycles. The van der Waals surface area contributed by atoms with Crippen LogP contribution < -0.4 is 0 Å². The first-order valence-corrected chi connectivity index (χ1v) is 21.9. The van der Waals surface area contributed by atoms with Crippen molar-refractivity contribution in [1.29, 1.82) is 0 Å². The van der Waals surface area contributed by atoms with E-state index in [1.807, 2.05) is 24.3 Å². The predicted octanol–water partition coefficient (Wildman–Crippen LogP) is 16.3. The van der Waals surface area contributed by atoms with Crippen LogP contribution in [-0.2, 0) is 0 Å². The molecule has 304 valence electrons. The van der Waals surface area contributed by atoms with Crippen LogP contribution in [0.25, 0.3) is 123 Å². The molecule has 2 heterocycles. The van der Waals surface area contributed by atoms with E-state index in [4.69, 9.17) is 19.4 Å². The van der Waals surface area contributed by atoms with Crippen molar-refractivity contribution in [2.24, 2.45) is 0 Å². The Kier molecular flexibility index (Phi) is 9.46. The molecule has 12 aromatic rings. The van der Waals surface area contributed by atoms with E-state index in [0.717, 1.165) is 72.0 Å². The summed E-state index contributed by atoms with van der Waals surface area (Å²) in [5.74, 6) is 1.76. The summed E-state index contributed by atoms with van der Waals surface area (Å²) in [6.45, 7) is 0. The molecule has 2 aromatic heterocycles. The van der Waals surface area contributed by atoms with Crippen LogP contribution in [0.4, 0.5) is 0 Å². The van der Waals surface area contributed by atoms with Crippen LogP contribution in [0.3, 0.4) is 0 Å². The van der Waals surface area contributed by atoms with Gasteiger partial charge in [0.2, 0.25) is 0 Å². The first-order chi connectivity index (χ1) is 32.2. The molecule has 0 fully saturated rings. The van der Waals surface area contributed by atoms with Gasteiger partial charge < -0.3 is 4.42 Å². The lowest BCUT2D eigenvalue weighted by Gasteiger charge is -2.12. The number of nitrogens with zero attached hydrogens (tertiary/aromatic N) is 3. The molecule has 0 radical (unpaired) electrons. The smallest absolute Gasteiger partial charge is 0.164 e. The standard InChI is InChI=1S/C61H39N3O/c1-3-14-40(15-4-1)42-30-34-45(35-31-42)53-26-12-27-54-57-55(28-13-29-56(57)65-58(53)54)61-63-59(46-36-32-43(33-37-46)48-21-9-20-47(38-48)41-16-5-2-6-17-41)62-60(64-61)50-23-10-22-49(39-50)52-25-11-19-44-18-7-8-24-51(44)52/h1-39H. The molecule has 0 atom stereocenters. The lowest BCUT2D eigenvalue weighted by molar-refractivity contribution is 0.670. The second-order valence-electron chi connectivity index (χ2n) is 16.3. The van der Waals surface area contributed by atoms with Gasteiger partial charge in [-0.05, 0) is 79.0 Å². The number of furan rings is 1. The molecule has 12 rings (SSSR count). The van der Waals surface area contributed by atoms with Gasteiger partial charge >= 0.3 is 0 Å². The zero-order valence-electron chi connectivity index (χ0n) is 35.3. The van der Waals surface area contributed by atoms with Crippen molar-refractivity contribution in [3.8, 4) is 89.8 Å². The summed E-state index contributed by atoms with van der Waals surface area (Å²) >= 11 is 0. The predicted molar refractivity (Wildman–Crippen MR) is 268 cm³/mol. The van der Waals surface area contributed by atoms with Crippen LogP contribution in [-0.4, -0.2) is 15.0 Å². The topological polar surface area (TPSA) is 51.8 Å². The molecule has 0 N–H and O–H groups in total. The summed E-state index contributed by atoms with van der Waals surface area (Å²) in [7, 11) is 0. The molecule has 0 unspecified atom stereocenters. The fraction of sp³-hybridized carbons (Fsp3) is 0. The van der Waals surface area contributed by atoms with Crippen LogP contribution >= 0.6 is 0 Å². The zero-order chi connectivity index (χ0) is 43.1. The molecule has 0 saturated heterocycles. The summed E-state index contributed by atoms with van der Waals surface area (Å²) in [5.41, 5.74) is 15.6. The number of para-hydroxylation sites is 1. The Morgan fingerprint density at radius 2 is 0.708 bits per heavy atom. The van der Waals surface area contributed by atoms with Gasteiger partial charge in [0.1, 0.15) is 11.2 Å². The Hall–Kier alpha value is -8.73. The average molecular weight is 830 g/mol. The van der Waals surface area contributed by atoms with Gasteiger partial charge in [-0.3, -0.25) is 0 Å². The van der Waals surface area contributed by atoms with Crippen molar-refractivity contribution >= 4 is 32.7 Å². The molecular formula is C61H39N3O. The summed E-state index contributed by atoms with van der Waals surface area (Å²) in [5, 5.41) is 4.36. The van der Waals surface area contributed by atoms with Crippen molar-refractivity contribution in [2.45, 2.75) is 0 Å². The van der Waals surface area contributed by atoms with E-state index in [9.17, 15) is 0 Å². The van der Waals surface area contributed by atoms with Gasteiger partial charge in [-0.2, -0.15) is 0 Å². The highest BCUT2D eigenvalue weighted by Crippen LogP contribution is 2.41. The molecule has 0 aliphatic rings. The Morgan fingerprint density at radius 1 is 0.262 bits per heavy atom. The van der Waals surface area contributed by atoms with Gasteiger partial charge in [-0.15, -0.1) is 0 Å². The van der Waals surface area contributed by atoms with Crippen molar-refractivity contribution in [3.63, 3.8) is 0 Å². The summed E-state index contributed by atoms with van der Waals surface area (Å²) in [6.07, 6.45) is 0. The van der Waals surface area contributed by atoms with Crippen molar-refractivity contribution in [3.05, 3.63) is 237 Å². The molecular weight excluding hydrogens is 791 g/mol. The van der Waals surface area contributed by atoms with Gasteiger partial charge in [0.05, 0.1) is 0 Å². The normalized spacial score (nSPS) is 11.4. The minimum Gasteiger partial charge on any atom is -0.455 e. The third-order valence-corrected chi connectivity index (χ3v) is 12.4. The number of fused-ring (bicyclic) bond motifs is 4. The fourth-order valence-electron chi connectivity index (χ4n) is 9.11. The van der Waals surface area contributed by atoms with Crippen LogP contribution in [0.15, 0.2) is 241 Å². The van der Waals surface area contributed by atoms with Gasteiger partial charge in [0.25, 0.3) is 0 Å². The Morgan fingerprint density at radius 3 is 1.46 bits per heavy atom. The largest absolute Gasteiger partial charge is 0.455 e. The van der Waals surface area contributed by atoms with Gasteiger partial charge in [-0.1, -0.05) is 218 Å². The van der Waals surface area contributed by atoms with Crippen molar-refractivity contribution in [1.82, 2.24) is 15.0 Å². The zero-order valence-corrected chi connectivity index (χ0v) is 35.3. The molecule has 0 saturated carbocycles. The summed E-state index contributed by atoms with van der Waals surface area (Å²) in [6, 6.07) is 82.9. The van der Waals surface area contributed by atoms with E-state index < -0.39 is 0 Å². The van der Waals surface area contributed by atoms with Crippen LogP contribution in [0.2, 0.25) is 0 Å². The minimum atomic E-state index is 0.575. The SMILES string of the molecule is c1ccc(-c2ccc(-c3cccc4c3oc3cccc(-c5nc(-c6ccc(-c7cccc(-c8ccccc8)c7)cc6)nc(-c6cccc(-c7cccc8ccccc78)c6)n5)c34)cc2)cc1. The van der Waals surface area contributed by atoms with E-state index in [2.05, 4.69) is 212 Å². The maximum atomic E-state index is 6.77. The average Bonchev–Trinajstić information content (AvgIpc) is 3.78. The van der Waals surface area contributed by atoms with Gasteiger partial charge in [0, 0.05) is 33.0 Å². The molecule has 4 heteroatoms. The van der Waals surface area contributed by atoms with E-state index in [1.54, 1.807) is 0 Å². The molecule has 4 nitrogen and oxygen atoms in total. The Bertz CT molecular complexity index is 3680. The second kappa shape index (κ2) is 16.2. The summed E-state index contributed by atoms with van der Waals surface area (Å²) in [4.78, 5) is 15.8. The quantitative estimate of drug-likeness (QED) is 0.153. The maximum Gasteiger partial charge on any atom is 0.164 e. The van der Waals surface area contributed by atoms with E-state index in [0.29, 0.717) is 17.5 Å². The lowest BCUT2D eigenvalue weighted by atomic mass is 9.97. The number of aromatic nitrogens is 3. The molecule has 0 aliphatic heterocycles. The first kappa shape index (κ1) is 38.0. The third-order valence-electron chi connectivity index (χ3n) is 12.4. The number of hydrogen-bond acceptors (Lipinski definition) is 4. The number of hydrogen-bond donors (Lipinski definition) is 0. The molecule has 0 amide bonds. The van der Waals surface area contributed by atoms with Crippen molar-refractivity contribution in [2.75, 3.05) is 0 Å². The summed E-state index contributed by atoms with van der Waals surface area (Å²) < 4.78 is 6.77. The van der Waals surface area contributed by atoms with Crippen LogP contribution in [0, 0.1) is 0 Å². The second-order valence-corrected chi connectivity index (χ2v) is 16.3. The minimum absolute atomic E-state index is 0.575. The molecule has 65 heavy (non-hydrogen) atoms. The highest BCUT2D eigenvalue weighted by atomic mass is 16.3. The van der Waals surface area contributed by atoms with E-state index >= 15 is 0 Å². The van der Waals surface area contributed by atoms with Crippen molar-refractivity contribution < 1.29 is 4.42 Å². The van der Waals surface area contributed by atoms with Crippen LogP contribution in [0.1, 0.15) is 0 Å². The molecule has 0 spiro atoms. The lowest BCUT2D eigenvalue weighted by Crippen LogP contribution is -2.00. The maximum absolute atomic E-state index is 6.77. The third kappa shape index (κ3) is 7.13. The number of rotatable bonds is 8. The number of benzene rings is 10. The van der Waals surface area contributed by atoms with E-state index in [1.165, 1.54) is 33.0 Å². The Balaban J connectivity index is 0.991. The van der Waals surface area contributed by atoms with E-state index in [-0.39, 0.29) is 0 Å². The highest BCUT2D eigenvalue weighted by molar-refractivity contribution is 6.15. The Labute approximate surface area is 376 Å². The first-order valence-electron chi connectivity index (χ1n) is 21.9.